The molecule has 1 aromatic heterocycles. The third-order valence-corrected chi connectivity index (χ3v) is 5.98. The van der Waals surface area contributed by atoms with Crippen LogP contribution < -0.4 is 24.2 Å². The van der Waals surface area contributed by atoms with Crippen LogP contribution in [0.2, 0.25) is 0 Å². The van der Waals surface area contributed by atoms with Crippen molar-refractivity contribution in [2.24, 2.45) is 5.14 Å². The molecule has 0 amide bonds. The Morgan fingerprint density at radius 2 is 2.00 bits per heavy atom. The Balaban J connectivity index is 1.54. The number of aromatic nitrogens is 2. The van der Waals surface area contributed by atoms with Crippen LogP contribution in [0, 0.1) is 0 Å². The van der Waals surface area contributed by atoms with Crippen molar-refractivity contribution in [2.45, 2.75) is 18.4 Å². The molecule has 2 heterocycles. The van der Waals surface area contributed by atoms with Crippen LogP contribution >= 0.6 is 12.1 Å². The number of benzene rings is 1. The number of methoxy groups -OCH3 is 1. The van der Waals surface area contributed by atoms with Gasteiger partial charge in [0.25, 0.3) is 0 Å². The maximum atomic E-state index is 12.8. The van der Waals surface area contributed by atoms with Crippen molar-refractivity contribution in [3.05, 3.63) is 18.5 Å². The fourth-order valence-electron chi connectivity index (χ4n) is 3.95. The van der Waals surface area contributed by atoms with Gasteiger partial charge in [-0.15, -0.1) is 0 Å². The second kappa shape index (κ2) is 8.24. The molecule has 28 heavy (non-hydrogen) atoms. The Morgan fingerprint density at radius 3 is 2.64 bits per heavy atom. The quantitative estimate of drug-likeness (QED) is 0.634. The second-order valence-corrected chi connectivity index (χ2v) is 7.63. The third-order valence-electron chi connectivity index (χ3n) is 5.67. The van der Waals surface area contributed by atoms with Crippen LogP contribution in [0.25, 0.3) is 10.9 Å². The molecule has 152 valence electrons. The summed E-state index contributed by atoms with van der Waals surface area (Å²) in [5, 5.41) is 6.36. The summed E-state index contributed by atoms with van der Waals surface area (Å²) in [6.07, 6.45) is 3.98. The predicted molar refractivity (Wildman–Crippen MR) is 108 cm³/mol. The van der Waals surface area contributed by atoms with Crippen LogP contribution in [0.3, 0.4) is 0 Å². The maximum Gasteiger partial charge on any atom is 0.228 e. The van der Waals surface area contributed by atoms with Gasteiger partial charge >= 0.3 is 0 Å². The van der Waals surface area contributed by atoms with E-state index in [2.05, 4.69) is 24.5 Å². The summed E-state index contributed by atoms with van der Waals surface area (Å²) >= 11 is 1.19. The molecule has 10 heteroatoms. The van der Waals surface area contributed by atoms with Crippen LogP contribution in [0.4, 0.5) is 10.2 Å². The molecule has 0 radical (unpaired) electrons. The standard InChI is InChI=1S/C18H25FN6O2S/c1-26-15-9-14-13(8-16(15)27-11-19)17(22-12-21-14)24-4-6-25(7-5-24)18(2-3-18)10-23-28-20/h8-9,12,23H,2-7,10-11,20H2,1H3. The van der Waals surface area contributed by atoms with Crippen LogP contribution in [0.5, 0.6) is 11.5 Å². The minimum atomic E-state index is -0.916. The number of anilines is 1. The Hall–Kier alpha value is -1.88. The van der Waals surface area contributed by atoms with E-state index in [-0.39, 0.29) is 5.54 Å². The Labute approximate surface area is 167 Å². The maximum absolute atomic E-state index is 12.8. The topological polar surface area (TPSA) is 88.8 Å². The highest BCUT2D eigenvalue weighted by Gasteiger charge is 2.48. The van der Waals surface area contributed by atoms with Crippen LogP contribution in [0.15, 0.2) is 18.5 Å². The van der Waals surface area contributed by atoms with Gasteiger partial charge in [0.2, 0.25) is 6.86 Å². The molecule has 1 saturated carbocycles. The number of halogens is 1. The summed E-state index contributed by atoms with van der Waals surface area (Å²) in [7, 11) is 1.53. The summed E-state index contributed by atoms with van der Waals surface area (Å²) in [4.78, 5) is 13.7. The molecule has 1 aliphatic carbocycles. The number of fused-ring (bicyclic) bond motifs is 1. The van der Waals surface area contributed by atoms with E-state index in [0.29, 0.717) is 11.5 Å². The Kier molecular flexibility index (Phi) is 5.72. The molecule has 1 saturated heterocycles. The SMILES string of the molecule is COc1cc2ncnc(N3CCN(C4(CNSN)CC4)CC3)c2cc1OCF. The van der Waals surface area contributed by atoms with Gasteiger partial charge in [-0.25, -0.2) is 19.1 Å². The van der Waals surface area contributed by atoms with Crippen molar-refractivity contribution < 1.29 is 13.9 Å². The highest BCUT2D eigenvalue weighted by Crippen LogP contribution is 2.42. The van der Waals surface area contributed by atoms with Crippen molar-refractivity contribution in [3.8, 4) is 11.5 Å². The zero-order valence-corrected chi connectivity index (χ0v) is 16.7. The van der Waals surface area contributed by atoms with Gasteiger partial charge in [0.1, 0.15) is 12.1 Å². The van der Waals surface area contributed by atoms with E-state index >= 15 is 0 Å². The number of hydrogen-bond acceptors (Lipinski definition) is 9. The van der Waals surface area contributed by atoms with Crippen molar-refractivity contribution >= 4 is 28.9 Å². The molecular formula is C18H25FN6O2S. The minimum Gasteiger partial charge on any atom is -0.493 e. The van der Waals surface area contributed by atoms with E-state index in [0.717, 1.165) is 49.4 Å². The first-order valence-electron chi connectivity index (χ1n) is 9.31. The highest BCUT2D eigenvalue weighted by molar-refractivity contribution is 7.95. The molecule has 2 aliphatic rings. The average Bonchev–Trinajstić information content (AvgIpc) is 3.53. The second-order valence-electron chi connectivity index (χ2n) is 7.11. The van der Waals surface area contributed by atoms with E-state index in [4.69, 9.17) is 14.6 Å². The first kappa shape index (κ1) is 19.4. The van der Waals surface area contributed by atoms with Gasteiger partial charge in [-0.3, -0.25) is 10.0 Å². The van der Waals surface area contributed by atoms with Gasteiger partial charge < -0.3 is 14.4 Å². The molecule has 2 aromatic rings. The smallest absolute Gasteiger partial charge is 0.228 e. The largest absolute Gasteiger partial charge is 0.493 e. The lowest BCUT2D eigenvalue weighted by molar-refractivity contribution is 0.168. The Bertz CT molecular complexity index is 829. The van der Waals surface area contributed by atoms with Crippen molar-refractivity contribution in [1.29, 1.82) is 0 Å². The summed E-state index contributed by atoms with van der Waals surface area (Å²) < 4.78 is 26.4. The number of ether oxygens (including phenoxy) is 2. The lowest BCUT2D eigenvalue weighted by Gasteiger charge is -2.40. The monoisotopic (exact) mass is 408 g/mol. The van der Waals surface area contributed by atoms with Gasteiger partial charge in [-0.2, -0.15) is 0 Å². The van der Waals surface area contributed by atoms with Crippen molar-refractivity contribution in [1.82, 2.24) is 19.6 Å². The molecule has 4 rings (SSSR count). The molecule has 0 unspecified atom stereocenters. The zero-order valence-electron chi connectivity index (χ0n) is 15.9. The van der Waals surface area contributed by atoms with Gasteiger partial charge in [-0.1, -0.05) is 0 Å². The number of nitrogens with two attached hydrogens (primary N) is 1. The molecule has 0 bridgehead atoms. The average molecular weight is 409 g/mol. The van der Waals surface area contributed by atoms with Crippen LogP contribution in [-0.4, -0.2) is 67.1 Å². The molecule has 0 atom stereocenters. The highest BCUT2D eigenvalue weighted by atomic mass is 32.2. The zero-order chi connectivity index (χ0) is 19.6. The summed E-state index contributed by atoms with van der Waals surface area (Å²) in [6.45, 7) is 3.66. The molecule has 1 aromatic carbocycles. The fourth-order valence-corrected chi connectivity index (χ4v) is 4.30. The van der Waals surface area contributed by atoms with Crippen molar-refractivity contribution in [3.63, 3.8) is 0 Å². The first-order valence-corrected chi connectivity index (χ1v) is 10.2. The number of rotatable bonds is 8. The van der Waals surface area contributed by atoms with Crippen molar-refractivity contribution in [2.75, 3.05) is 51.6 Å². The van der Waals surface area contributed by atoms with Gasteiger partial charge in [0.15, 0.2) is 11.5 Å². The summed E-state index contributed by atoms with van der Waals surface area (Å²) in [5.74, 6) is 1.66. The molecule has 8 nitrogen and oxygen atoms in total. The Morgan fingerprint density at radius 1 is 1.21 bits per heavy atom. The van der Waals surface area contributed by atoms with Gasteiger partial charge in [0, 0.05) is 61.8 Å². The number of hydrogen-bond donors (Lipinski definition) is 2. The number of nitrogens with zero attached hydrogens (tertiary/aromatic N) is 4. The van der Waals surface area contributed by atoms with E-state index < -0.39 is 6.86 Å². The predicted octanol–water partition coefficient (Wildman–Crippen LogP) is 1.71. The van der Waals surface area contributed by atoms with Crippen LogP contribution in [-0.2, 0) is 0 Å². The number of piperazine rings is 1. The third kappa shape index (κ3) is 3.69. The lowest BCUT2D eigenvalue weighted by Crippen LogP contribution is -2.54. The fraction of sp³-hybridized carbons (Fsp3) is 0.556. The first-order chi connectivity index (χ1) is 13.7. The molecule has 0 spiro atoms. The lowest BCUT2D eigenvalue weighted by atomic mass is 10.1. The number of alkyl halides is 1. The van der Waals surface area contributed by atoms with E-state index in [1.165, 1.54) is 32.1 Å². The van der Waals surface area contributed by atoms with Crippen LogP contribution in [0.1, 0.15) is 12.8 Å². The van der Waals surface area contributed by atoms with E-state index in [9.17, 15) is 4.39 Å². The number of nitrogens with one attached hydrogen (secondary N) is 1. The van der Waals surface area contributed by atoms with E-state index in [1.54, 1.807) is 18.5 Å². The molecule has 1 aliphatic heterocycles. The van der Waals surface area contributed by atoms with Gasteiger partial charge in [-0.05, 0) is 18.9 Å². The summed E-state index contributed by atoms with van der Waals surface area (Å²) in [5.41, 5.74) is 1.00. The summed E-state index contributed by atoms with van der Waals surface area (Å²) in [6, 6.07) is 3.53. The normalized spacial score (nSPS) is 19.0. The van der Waals surface area contributed by atoms with E-state index in [1.807, 2.05) is 0 Å². The molecule has 2 fully saturated rings. The molecular weight excluding hydrogens is 383 g/mol. The molecule has 3 N–H and O–H groups in total. The van der Waals surface area contributed by atoms with Gasteiger partial charge in [0.05, 0.1) is 12.6 Å². The minimum absolute atomic E-state index is 0.252.